The van der Waals surface area contributed by atoms with Gasteiger partial charge in [0.05, 0.1) is 16.1 Å². The highest BCUT2D eigenvalue weighted by atomic mass is 35.5. The molecule has 2 aromatic heterocycles. The number of fused-ring (bicyclic) bond motifs is 7. The lowest BCUT2D eigenvalue weighted by Gasteiger charge is -2.08. The Balaban J connectivity index is 1.68. The molecule has 0 aliphatic rings. The van der Waals surface area contributed by atoms with Crippen molar-refractivity contribution in [2.75, 3.05) is 0 Å². The van der Waals surface area contributed by atoms with E-state index >= 15 is 0 Å². The lowest BCUT2D eigenvalue weighted by molar-refractivity contribution is 0.623. The minimum Gasteiger partial charge on any atom is -0.435 e. The van der Waals surface area contributed by atoms with Crippen LogP contribution in [0.15, 0.2) is 108 Å². The fraction of sp³-hybridized carbons (Fsp3) is 0. The third-order valence-electron chi connectivity index (χ3n) is 6.27. The summed E-state index contributed by atoms with van der Waals surface area (Å²) < 4.78 is 8.72. The largest absolute Gasteiger partial charge is 0.435 e. The van der Waals surface area contributed by atoms with Gasteiger partial charge in [-0.2, -0.15) is 0 Å². The topological polar surface area (TPSA) is 31.0 Å². The Labute approximate surface area is 194 Å². The van der Waals surface area contributed by atoms with Gasteiger partial charge in [0.1, 0.15) is 5.52 Å². The molecule has 33 heavy (non-hydrogen) atoms. The number of hydrogen-bond acceptors (Lipinski definition) is 2. The summed E-state index contributed by atoms with van der Waals surface area (Å²) in [6, 6.07) is 35.2. The number of benzene rings is 5. The van der Waals surface area contributed by atoms with Gasteiger partial charge >= 0.3 is 0 Å². The normalized spacial score (nSPS) is 11.8. The van der Waals surface area contributed by atoms with Crippen LogP contribution in [0.25, 0.3) is 60.8 Å². The van der Waals surface area contributed by atoms with Crippen LogP contribution in [-0.2, 0) is 0 Å². The van der Waals surface area contributed by atoms with E-state index in [1.165, 1.54) is 5.39 Å². The van der Waals surface area contributed by atoms with Crippen LogP contribution in [0.3, 0.4) is 0 Å². The minimum absolute atomic E-state index is 0.573. The van der Waals surface area contributed by atoms with Gasteiger partial charge in [-0.05, 0) is 47.9 Å². The molecule has 5 aromatic carbocycles. The van der Waals surface area contributed by atoms with E-state index in [1.54, 1.807) is 0 Å². The monoisotopic (exact) mass is 444 g/mol. The summed E-state index contributed by atoms with van der Waals surface area (Å²) in [4.78, 5) is 4.78. The molecule has 4 heteroatoms. The number of para-hydroxylation sites is 2. The van der Waals surface area contributed by atoms with E-state index < -0.39 is 0 Å². The van der Waals surface area contributed by atoms with Crippen molar-refractivity contribution in [3.63, 3.8) is 0 Å². The number of aromatic nitrogens is 2. The number of nitrogens with zero attached hydrogens (tertiary/aromatic N) is 2. The van der Waals surface area contributed by atoms with E-state index in [0.29, 0.717) is 16.4 Å². The molecule has 7 aromatic rings. The molecule has 0 N–H and O–H groups in total. The molecule has 0 aliphatic carbocycles. The Kier molecular flexibility index (Phi) is 3.90. The molecule has 156 valence electrons. The third-order valence-corrected chi connectivity index (χ3v) is 6.56. The molecule has 0 spiro atoms. The first-order valence-electron chi connectivity index (χ1n) is 10.9. The standard InChI is InChI=1S/C29H17ClN2O/c30-22-17-19-15-16-24-26(21-13-7-8-14-23(21)32(24)20-11-5-2-6-12-20)25(19)28-27(22)31-29(33-28)18-9-3-1-4-10-18/h1-17H. The highest BCUT2D eigenvalue weighted by molar-refractivity contribution is 6.38. The van der Waals surface area contributed by atoms with E-state index in [0.717, 1.165) is 44.0 Å². The number of rotatable bonds is 2. The molecule has 0 bridgehead atoms. The summed E-state index contributed by atoms with van der Waals surface area (Å²) in [5, 5.41) is 4.97. The van der Waals surface area contributed by atoms with Crippen LogP contribution in [0.4, 0.5) is 0 Å². The van der Waals surface area contributed by atoms with Crippen LogP contribution in [0, 0.1) is 0 Å². The van der Waals surface area contributed by atoms with Crippen LogP contribution >= 0.6 is 11.6 Å². The Morgan fingerprint density at radius 3 is 2.24 bits per heavy atom. The van der Waals surface area contributed by atoms with Crippen molar-refractivity contribution >= 4 is 55.3 Å². The van der Waals surface area contributed by atoms with E-state index in [-0.39, 0.29) is 0 Å². The fourth-order valence-corrected chi connectivity index (χ4v) is 5.10. The van der Waals surface area contributed by atoms with E-state index in [9.17, 15) is 0 Å². The van der Waals surface area contributed by atoms with Gasteiger partial charge in [-0.1, -0.05) is 72.3 Å². The Hall–Kier alpha value is -4.08. The van der Waals surface area contributed by atoms with Gasteiger partial charge in [0.2, 0.25) is 5.89 Å². The van der Waals surface area contributed by atoms with Crippen molar-refractivity contribution in [2.45, 2.75) is 0 Å². The van der Waals surface area contributed by atoms with Gasteiger partial charge in [-0.3, -0.25) is 0 Å². The molecule has 0 amide bonds. The van der Waals surface area contributed by atoms with Crippen LogP contribution in [0.1, 0.15) is 0 Å². The SMILES string of the molecule is Clc1cc2ccc3c(c4ccccc4n3-c3ccccc3)c2c2oc(-c3ccccc3)nc12. The van der Waals surface area contributed by atoms with Crippen molar-refractivity contribution in [2.24, 2.45) is 0 Å². The summed E-state index contributed by atoms with van der Waals surface area (Å²) in [5.74, 6) is 0.573. The van der Waals surface area contributed by atoms with Gasteiger partial charge in [0.15, 0.2) is 5.58 Å². The maximum absolute atomic E-state index is 6.68. The number of oxazole rings is 1. The highest BCUT2D eigenvalue weighted by Gasteiger charge is 2.20. The van der Waals surface area contributed by atoms with Gasteiger partial charge < -0.3 is 8.98 Å². The maximum atomic E-state index is 6.68. The zero-order valence-electron chi connectivity index (χ0n) is 17.5. The van der Waals surface area contributed by atoms with Gasteiger partial charge in [-0.25, -0.2) is 4.98 Å². The predicted octanol–water partition coefficient (Wildman–Crippen LogP) is 8.40. The number of hydrogen-bond donors (Lipinski definition) is 0. The van der Waals surface area contributed by atoms with Crippen molar-refractivity contribution in [1.29, 1.82) is 0 Å². The second-order valence-corrected chi connectivity index (χ2v) is 8.57. The molecule has 7 rings (SSSR count). The van der Waals surface area contributed by atoms with Gasteiger partial charge in [0, 0.05) is 27.4 Å². The molecular weight excluding hydrogens is 428 g/mol. The highest BCUT2D eigenvalue weighted by Crippen LogP contribution is 2.42. The van der Waals surface area contributed by atoms with Crippen molar-refractivity contribution in [3.05, 3.63) is 108 Å². The molecule has 0 saturated carbocycles. The molecule has 0 radical (unpaired) electrons. The van der Waals surface area contributed by atoms with E-state index in [2.05, 4.69) is 65.2 Å². The second-order valence-electron chi connectivity index (χ2n) is 8.17. The quantitative estimate of drug-likeness (QED) is 0.268. The van der Waals surface area contributed by atoms with E-state index in [4.69, 9.17) is 21.0 Å². The summed E-state index contributed by atoms with van der Waals surface area (Å²) in [7, 11) is 0. The predicted molar refractivity (Wildman–Crippen MR) is 136 cm³/mol. The zero-order valence-corrected chi connectivity index (χ0v) is 18.3. The summed E-state index contributed by atoms with van der Waals surface area (Å²) in [6.07, 6.45) is 0. The zero-order chi connectivity index (χ0) is 21.9. The van der Waals surface area contributed by atoms with Crippen LogP contribution < -0.4 is 0 Å². The molecule has 0 fully saturated rings. The first-order valence-corrected chi connectivity index (χ1v) is 11.2. The third kappa shape index (κ3) is 2.66. The average molecular weight is 445 g/mol. The lowest BCUT2D eigenvalue weighted by atomic mass is 10.0. The Bertz CT molecular complexity index is 1820. The summed E-state index contributed by atoms with van der Waals surface area (Å²) in [5.41, 5.74) is 5.73. The number of halogens is 1. The van der Waals surface area contributed by atoms with Crippen molar-refractivity contribution < 1.29 is 4.42 Å². The Morgan fingerprint density at radius 2 is 1.42 bits per heavy atom. The van der Waals surface area contributed by atoms with Crippen molar-refractivity contribution in [1.82, 2.24) is 9.55 Å². The van der Waals surface area contributed by atoms with Crippen LogP contribution in [0.2, 0.25) is 5.02 Å². The van der Waals surface area contributed by atoms with Crippen LogP contribution in [-0.4, -0.2) is 9.55 Å². The second kappa shape index (κ2) is 6.96. The molecule has 0 aliphatic heterocycles. The fourth-order valence-electron chi connectivity index (χ4n) is 4.86. The van der Waals surface area contributed by atoms with Crippen molar-refractivity contribution in [3.8, 4) is 17.1 Å². The first-order chi connectivity index (χ1) is 16.3. The van der Waals surface area contributed by atoms with Crippen LogP contribution in [0.5, 0.6) is 0 Å². The minimum atomic E-state index is 0.573. The smallest absolute Gasteiger partial charge is 0.227 e. The maximum Gasteiger partial charge on any atom is 0.227 e. The van der Waals surface area contributed by atoms with Gasteiger partial charge in [-0.15, -0.1) is 0 Å². The molecule has 0 unspecified atom stereocenters. The summed E-state index contributed by atoms with van der Waals surface area (Å²) >= 11 is 6.68. The molecular formula is C29H17ClN2O. The average Bonchev–Trinajstić information content (AvgIpc) is 3.46. The molecule has 2 heterocycles. The molecule has 0 atom stereocenters. The Morgan fingerprint density at radius 1 is 0.697 bits per heavy atom. The first kappa shape index (κ1) is 18.5. The molecule has 0 saturated heterocycles. The molecule has 3 nitrogen and oxygen atoms in total. The lowest BCUT2D eigenvalue weighted by Crippen LogP contribution is -1.92. The summed E-state index contributed by atoms with van der Waals surface area (Å²) in [6.45, 7) is 0. The van der Waals surface area contributed by atoms with Gasteiger partial charge in [0.25, 0.3) is 0 Å². The van der Waals surface area contributed by atoms with E-state index in [1.807, 2.05) is 42.5 Å².